The highest BCUT2D eigenvalue weighted by molar-refractivity contribution is 5.78. The fourth-order valence-electron chi connectivity index (χ4n) is 1.47. The molecule has 1 heterocycles. The Morgan fingerprint density at radius 3 is 2.67 bits per heavy atom. The van der Waals surface area contributed by atoms with Crippen molar-refractivity contribution in [3.63, 3.8) is 0 Å². The van der Waals surface area contributed by atoms with Crippen molar-refractivity contribution in [1.29, 1.82) is 0 Å². The van der Waals surface area contributed by atoms with Crippen LogP contribution >= 0.6 is 0 Å². The van der Waals surface area contributed by atoms with Crippen molar-refractivity contribution in [3.05, 3.63) is 0 Å². The zero-order chi connectivity index (χ0) is 11.1. The molecule has 5 nitrogen and oxygen atoms in total. The van der Waals surface area contributed by atoms with E-state index in [-0.39, 0.29) is 0 Å². The second-order valence-corrected chi connectivity index (χ2v) is 4.00. The molecule has 5 heteroatoms. The van der Waals surface area contributed by atoms with Crippen LogP contribution in [-0.4, -0.2) is 69.2 Å². The van der Waals surface area contributed by atoms with E-state index in [1.807, 2.05) is 0 Å². The highest BCUT2D eigenvalue weighted by Gasteiger charge is 2.11. The zero-order valence-electron chi connectivity index (χ0n) is 9.78. The maximum atomic E-state index is 5.87. The molecule has 0 spiro atoms. The van der Waals surface area contributed by atoms with E-state index in [0.717, 1.165) is 45.8 Å². The maximum Gasteiger partial charge on any atom is 0.191 e. The molecule has 1 fully saturated rings. The van der Waals surface area contributed by atoms with Crippen molar-refractivity contribution < 1.29 is 4.74 Å². The molecule has 88 valence electrons. The fraction of sp³-hybridized carbons (Fsp3) is 0.900. The lowest BCUT2D eigenvalue weighted by Crippen LogP contribution is -2.44. The quantitative estimate of drug-likeness (QED) is 0.392. The molecule has 0 atom stereocenters. The molecular weight excluding hydrogens is 192 g/mol. The monoisotopic (exact) mass is 214 g/mol. The lowest BCUT2D eigenvalue weighted by Gasteiger charge is -2.27. The highest BCUT2D eigenvalue weighted by Crippen LogP contribution is 1.96. The SMILES string of the molecule is CN(C)CCCN=C(N)N1CCOCC1. The minimum absolute atomic E-state index is 0.664. The van der Waals surface area contributed by atoms with Gasteiger partial charge in [-0.1, -0.05) is 0 Å². The molecule has 0 aromatic carbocycles. The number of aliphatic imine (C=N–C) groups is 1. The standard InChI is InChI=1S/C10H22N4O/c1-13(2)5-3-4-12-10(11)14-6-8-15-9-7-14/h3-9H2,1-2H3,(H2,11,12). The zero-order valence-corrected chi connectivity index (χ0v) is 9.78. The van der Waals surface area contributed by atoms with Gasteiger partial charge in [-0.3, -0.25) is 4.99 Å². The number of ether oxygens (including phenoxy) is 1. The Morgan fingerprint density at radius 1 is 1.40 bits per heavy atom. The number of nitrogens with zero attached hydrogens (tertiary/aromatic N) is 3. The van der Waals surface area contributed by atoms with E-state index in [1.54, 1.807) is 0 Å². The summed E-state index contributed by atoms with van der Waals surface area (Å²) in [6, 6.07) is 0. The summed E-state index contributed by atoms with van der Waals surface area (Å²) in [6.45, 7) is 5.11. The van der Waals surface area contributed by atoms with Crippen LogP contribution in [0.2, 0.25) is 0 Å². The summed E-state index contributed by atoms with van der Waals surface area (Å²) in [4.78, 5) is 8.59. The minimum atomic E-state index is 0.664. The number of morpholine rings is 1. The number of hydrogen-bond donors (Lipinski definition) is 1. The van der Waals surface area contributed by atoms with E-state index in [1.165, 1.54) is 0 Å². The average Bonchev–Trinajstić information content (AvgIpc) is 2.25. The Balaban J connectivity index is 2.19. The largest absolute Gasteiger partial charge is 0.378 e. The third-order valence-electron chi connectivity index (χ3n) is 2.37. The molecule has 0 aliphatic carbocycles. The summed E-state index contributed by atoms with van der Waals surface area (Å²) in [7, 11) is 4.13. The van der Waals surface area contributed by atoms with Crippen LogP contribution in [0.25, 0.3) is 0 Å². The van der Waals surface area contributed by atoms with Crippen LogP contribution in [0.3, 0.4) is 0 Å². The molecule has 0 radical (unpaired) electrons. The van der Waals surface area contributed by atoms with E-state index in [4.69, 9.17) is 10.5 Å². The van der Waals surface area contributed by atoms with Crippen LogP contribution in [0.4, 0.5) is 0 Å². The van der Waals surface area contributed by atoms with Gasteiger partial charge in [0.25, 0.3) is 0 Å². The van der Waals surface area contributed by atoms with Gasteiger partial charge >= 0.3 is 0 Å². The first kappa shape index (κ1) is 12.3. The third-order valence-corrected chi connectivity index (χ3v) is 2.37. The first-order valence-corrected chi connectivity index (χ1v) is 5.47. The normalized spacial score (nSPS) is 18.6. The second-order valence-electron chi connectivity index (χ2n) is 4.00. The average molecular weight is 214 g/mol. The number of rotatable bonds is 4. The predicted octanol–water partition coefficient (Wildman–Crippen LogP) is -0.415. The molecule has 0 bridgehead atoms. The van der Waals surface area contributed by atoms with Gasteiger partial charge in [-0.15, -0.1) is 0 Å². The summed E-state index contributed by atoms with van der Waals surface area (Å²) >= 11 is 0. The van der Waals surface area contributed by atoms with Gasteiger partial charge in [-0.05, 0) is 27.1 Å². The molecule has 0 aromatic rings. The van der Waals surface area contributed by atoms with Crippen LogP contribution in [-0.2, 0) is 4.74 Å². The summed E-state index contributed by atoms with van der Waals surface area (Å²) < 4.78 is 5.25. The van der Waals surface area contributed by atoms with Crippen LogP contribution in [0.15, 0.2) is 4.99 Å². The molecule has 1 saturated heterocycles. The maximum absolute atomic E-state index is 5.87. The summed E-state index contributed by atoms with van der Waals surface area (Å²) in [6.07, 6.45) is 1.05. The molecule has 15 heavy (non-hydrogen) atoms. The Kier molecular flexibility index (Phi) is 5.42. The summed E-state index contributed by atoms with van der Waals surface area (Å²) in [5, 5.41) is 0. The first-order valence-electron chi connectivity index (χ1n) is 5.47. The second kappa shape index (κ2) is 6.63. The van der Waals surface area contributed by atoms with Gasteiger partial charge in [0.1, 0.15) is 0 Å². The van der Waals surface area contributed by atoms with Crippen molar-refractivity contribution in [2.45, 2.75) is 6.42 Å². The van der Waals surface area contributed by atoms with E-state index < -0.39 is 0 Å². The van der Waals surface area contributed by atoms with Gasteiger partial charge in [0.2, 0.25) is 0 Å². The number of hydrogen-bond acceptors (Lipinski definition) is 3. The van der Waals surface area contributed by atoms with Gasteiger partial charge in [0, 0.05) is 19.6 Å². The topological polar surface area (TPSA) is 54.1 Å². The molecule has 1 rings (SSSR count). The van der Waals surface area contributed by atoms with E-state index in [0.29, 0.717) is 5.96 Å². The van der Waals surface area contributed by atoms with E-state index >= 15 is 0 Å². The van der Waals surface area contributed by atoms with E-state index in [9.17, 15) is 0 Å². The smallest absolute Gasteiger partial charge is 0.191 e. The lowest BCUT2D eigenvalue weighted by atomic mass is 10.4. The molecule has 1 aliphatic rings. The Morgan fingerprint density at radius 2 is 2.07 bits per heavy atom. The van der Waals surface area contributed by atoms with Gasteiger partial charge in [-0.2, -0.15) is 0 Å². The van der Waals surface area contributed by atoms with Crippen LogP contribution in [0, 0.1) is 0 Å². The lowest BCUT2D eigenvalue weighted by molar-refractivity contribution is 0.0674. The minimum Gasteiger partial charge on any atom is -0.378 e. The Labute approximate surface area is 91.9 Å². The number of nitrogens with two attached hydrogens (primary N) is 1. The van der Waals surface area contributed by atoms with Crippen molar-refractivity contribution in [2.75, 3.05) is 53.5 Å². The van der Waals surface area contributed by atoms with Crippen LogP contribution in [0.5, 0.6) is 0 Å². The Hall–Kier alpha value is -0.810. The Bertz CT molecular complexity index is 200. The molecule has 2 N–H and O–H groups in total. The van der Waals surface area contributed by atoms with Gasteiger partial charge in [0.05, 0.1) is 13.2 Å². The van der Waals surface area contributed by atoms with Crippen LogP contribution in [0.1, 0.15) is 6.42 Å². The molecule has 0 saturated carbocycles. The molecule has 0 aromatic heterocycles. The predicted molar refractivity (Wildman–Crippen MR) is 62.1 cm³/mol. The van der Waals surface area contributed by atoms with Gasteiger partial charge < -0.3 is 20.3 Å². The van der Waals surface area contributed by atoms with Crippen molar-refractivity contribution in [2.24, 2.45) is 10.7 Å². The fourth-order valence-corrected chi connectivity index (χ4v) is 1.47. The van der Waals surface area contributed by atoms with Gasteiger partial charge in [0.15, 0.2) is 5.96 Å². The molecule has 0 amide bonds. The van der Waals surface area contributed by atoms with Crippen molar-refractivity contribution >= 4 is 5.96 Å². The molecular formula is C10H22N4O. The molecule has 0 unspecified atom stereocenters. The third kappa shape index (κ3) is 4.99. The van der Waals surface area contributed by atoms with Crippen LogP contribution < -0.4 is 5.73 Å². The number of guanidine groups is 1. The van der Waals surface area contributed by atoms with Crippen molar-refractivity contribution in [3.8, 4) is 0 Å². The van der Waals surface area contributed by atoms with E-state index in [2.05, 4.69) is 28.9 Å². The van der Waals surface area contributed by atoms with Crippen molar-refractivity contribution in [1.82, 2.24) is 9.80 Å². The summed E-state index contributed by atoms with van der Waals surface area (Å²) in [5.41, 5.74) is 5.87. The highest BCUT2D eigenvalue weighted by atomic mass is 16.5. The first-order chi connectivity index (χ1) is 7.20. The molecule has 1 aliphatic heterocycles. The van der Waals surface area contributed by atoms with Gasteiger partial charge in [-0.25, -0.2) is 0 Å². The summed E-state index contributed by atoms with van der Waals surface area (Å²) in [5.74, 6) is 0.664.